The fourth-order valence-electron chi connectivity index (χ4n) is 2.96. The molecule has 26 heavy (non-hydrogen) atoms. The highest BCUT2D eigenvalue weighted by Gasteiger charge is 2.28. The summed E-state index contributed by atoms with van der Waals surface area (Å²) in [6.45, 7) is 4.44. The lowest BCUT2D eigenvalue weighted by Gasteiger charge is -2.27. The molecule has 1 aliphatic carbocycles. The Morgan fingerprint density at radius 1 is 1.15 bits per heavy atom. The zero-order valence-corrected chi connectivity index (χ0v) is 14.9. The number of carboxylic acid groups (broad SMARTS) is 1. The van der Waals surface area contributed by atoms with Crippen LogP contribution in [0.5, 0.6) is 5.75 Å². The number of ether oxygens (including phenoxy) is 2. The van der Waals surface area contributed by atoms with Gasteiger partial charge in [0.1, 0.15) is 5.75 Å². The Bertz CT molecular complexity index is 624. The molecule has 5 heteroatoms. The molecule has 1 saturated carbocycles. The van der Waals surface area contributed by atoms with E-state index in [4.69, 9.17) is 14.6 Å². The van der Waals surface area contributed by atoms with E-state index in [0.29, 0.717) is 5.75 Å². The Kier molecular flexibility index (Phi) is 8.09. The second kappa shape index (κ2) is 10.6. The topological polar surface area (TPSA) is 72.8 Å². The molecule has 0 amide bonds. The molecule has 1 fully saturated rings. The lowest BCUT2D eigenvalue weighted by atomic mass is 9.87. The zero-order chi connectivity index (χ0) is 18.8. The van der Waals surface area contributed by atoms with Gasteiger partial charge in [-0.25, -0.2) is 4.79 Å². The second-order valence-corrected chi connectivity index (χ2v) is 6.44. The first-order valence-corrected chi connectivity index (χ1v) is 9.03. The van der Waals surface area contributed by atoms with E-state index in [-0.39, 0.29) is 18.0 Å². The third kappa shape index (κ3) is 6.84. The number of allylic oxidation sites excluding steroid dienone is 1. The highest BCUT2D eigenvalue weighted by molar-refractivity contribution is 5.85. The lowest BCUT2D eigenvalue weighted by molar-refractivity contribution is -0.141. The molecule has 1 N–H and O–H groups in total. The summed E-state index contributed by atoms with van der Waals surface area (Å²) in [4.78, 5) is 22.8. The van der Waals surface area contributed by atoms with E-state index < -0.39 is 5.97 Å². The number of esters is 1. The summed E-state index contributed by atoms with van der Waals surface area (Å²) in [6, 6.07) is 6.79. The smallest absolute Gasteiger partial charge is 0.328 e. The van der Waals surface area contributed by atoms with E-state index in [1.54, 1.807) is 24.3 Å². The summed E-state index contributed by atoms with van der Waals surface area (Å²) in [5.74, 6) is -0.815. The van der Waals surface area contributed by atoms with Crippen molar-refractivity contribution in [3.63, 3.8) is 0 Å². The van der Waals surface area contributed by atoms with Crippen molar-refractivity contribution < 1.29 is 24.2 Å². The fraction of sp³-hybridized carbons (Fsp3) is 0.429. The van der Waals surface area contributed by atoms with Gasteiger partial charge >= 0.3 is 11.9 Å². The molecule has 0 radical (unpaired) electrons. The standard InChI is InChI=1S/C21H26O5/c1-2-3-4-15-25-18-12-8-17(9-13-18)21(24)26-19-10-5-16(6-11-19)7-14-20(22)23/h2,5-7,10-11,14,17-18H,1,3-4,8-9,12-13,15H2,(H,22,23). The molecule has 5 nitrogen and oxygen atoms in total. The number of carboxylic acids is 1. The monoisotopic (exact) mass is 358 g/mol. The second-order valence-electron chi connectivity index (χ2n) is 6.44. The van der Waals surface area contributed by atoms with Gasteiger partial charge in [0, 0.05) is 12.7 Å². The van der Waals surface area contributed by atoms with Crippen molar-refractivity contribution in [3.8, 4) is 5.75 Å². The summed E-state index contributed by atoms with van der Waals surface area (Å²) >= 11 is 0. The van der Waals surface area contributed by atoms with Crippen LogP contribution in [0.1, 0.15) is 44.1 Å². The van der Waals surface area contributed by atoms with Crippen molar-refractivity contribution in [3.05, 3.63) is 48.6 Å². The van der Waals surface area contributed by atoms with Crippen LogP contribution in [0.25, 0.3) is 6.08 Å². The van der Waals surface area contributed by atoms with Gasteiger partial charge in [0.2, 0.25) is 0 Å². The van der Waals surface area contributed by atoms with Crippen LogP contribution >= 0.6 is 0 Å². The Labute approximate surface area is 154 Å². The Balaban J connectivity index is 1.75. The summed E-state index contributed by atoms with van der Waals surface area (Å²) in [6.07, 6.45) is 9.97. The van der Waals surface area contributed by atoms with Crippen molar-refractivity contribution in [2.75, 3.05) is 6.61 Å². The van der Waals surface area contributed by atoms with E-state index in [1.165, 1.54) is 6.08 Å². The number of rotatable bonds is 9. The first-order chi connectivity index (χ1) is 12.6. The van der Waals surface area contributed by atoms with Crippen LogP contribution in [-0.2, 0) is 14.3 Å². The number of carbonyl (C=O) groups is 2. The zero-order valence-electron chi connectivity index (χ0n) is 14.9. The van der Waals surface area contributed by atoms with Gasteiger partial charge in [-0.3, -0.25) is 4.79 Å². The van der Waals surface area contributed by atoms with Crippen molar-refractivity contribution in [2.24, 2.45) is 5.92 Å². The van der Waals surface area contributed by atoms with Crippen molar-refractivity contribution in [1.29, 1.82) is 0 Å². The third-order valence-electron chi connectivity index (χ3n) is 4.43. The number of carbonyl (C=O) groups excluding carboxylic acids is 1. The van der Waals surface area contributed by atoms with E-state index in [2.05, 4.69) is 6.58 Å². The van der Waals surface area contributed by atoms with Gasteiger partial charge in [-0.2, -0.15) is 0 Å². The van der Waals surface area contributed by atoms with Gasteiger partial charge < -0.3 is 14.6 Å². The molecule has 0 unspecified atom stereocenters. The Morgan fingerprint density at radius 2 is 1.85 bits per heavy atom. The predicted molar refractivity (Wildman–Crippen MR) is 99.9 cm³/mol. The van der Waals surface area contributed by atoms with Crippen LogP contribution in [-0.4, -0.2) is 29.8 Å². The molecule has 2 rings (SSSR count). The molecule has 0 aromatic heterocycles. The van der Waals surface area contributed by atoms with Crippen molar-refractivity contribution >= 4 is 18.0 Å². The van der Waals surface area contributed by atoms with Crippen molar-refractivity contribution in [1.82, 2.24) is 0 Å². The quantitative estimate of drug-likeness (QED) is 0.235. The van der Waals surface area contributed by atoms with E-state index in [1.807, 2.05) is 6.08 Å². The minimum absolute atomic E-state index is 0.0883. The molecule has 0 spiro atoms. The highest BCUT2D eigenvalue weighted by atomic mass is 16.5. The number of hydrogen-bond acceptors (Lipinski definition) is 4. The maximum atomic E-state index is 12.3. The normalized spacial score (nSPS) is 20.0. The van der Waals surface area contributed by atoms with Crippen LogP contribution in [0.15, 0.2) is 43.0 Å². The predicted octanol–water partition coefficient (Wildman–Crippen LogP) is 4.23. The van der Waals surface area contributed by atoms with Crippen LogP contribution in [0.3, 0.4) is 0 Å². The molecular weight excluding hydrogens is 332 g/mol. The van der Waals surface area contributed by atoms with Gasteiger partial charge in [-0.15, -0.1) is 6.58 Å². The maximum absolute atomic E-state index is 12.3. The summed E-state index contributed by atoms with van der Waals surface area (Å²) < 4.78 is 11.3. The minimum Gasteiger partial charge on any atom is -0.478 e. The lowest BCUT2D eigenvalue weighted by Crippen LogP contribution is -2.29. The number of hydrogen-bond donors (Lipinski definition) is 1. The van der Waals surface area contributed by atoms with Crippen LogP contribution in [0, 0.1) is 5.92 Å². The van der Waals surface area contributed by atoms with Gasteiger partial charge in [0.05, 0.1) is 12.0 Å². The SMILES string of the molecule is C=CCCCOC1CCC(C(=O)Oc2ccc(C=CC(=O)O)cc2)CC1. The first kappa shape index (κ1) is 19.9. The average Bonchev–Trinajstić information content (AvgIpc) is 2.65. The van der Waals surface area contributed by atoms with Gasteiger partial charge in [-0.05, 0) is 62.3 Å². The van der Waals surface area contributed by atoms with E-state index in [9.17, 15) is 9.59 Å². The Hall–Kier alpha value is -2.40. The minimum atomic E-state index is -0.999. The van der Waals surface area contributed by atoms with Crippen molar-refractivity contribution in [2.45, 2.75) is 44.6 Å². The number of benzene rings is 1. The van der Waals surface area contributed by atoms with Gasteiger partial charge in [-0.1, -0.05) is 18.2 Å². The van der Waals surface area contributed by atoms with Gasteiger partial charge in [0.25, 0.3) is 0 Å². The molecule has 0 bridgehead atoms. The molecule has 0 atom stereocenters. The molecule has 140 valence electrons. The number of unbranched alkanes of at least 4 members (excludes halogenated alkanes) is 1. The number of aliphatic carboxylic acids is 1. The molecular formula is C21H26O5. The molecule has 1 aromatic carbocycles. The molecule has 0 saturated heterocycles. The largest absolute Gasteiger partial charge is 0.478 e. The van der Waals surface area contributed by atoms with E-state index in [0.717, 1.165) is 56.8 Å². The Morgan fingerprint density at radius 3 is 2.46 bits per heavy atom. The van der Waals surface area contributed by atoms with Crippen LogP contribution in [0.4, 0.5) is 0 Å². The average molecular weight is 358 g/mol. The molecule has 0 aliphatic heterocycles. The molecule has 1 aromatic rings. The summed E-state index contributed by atoms with van der Waals surface area (Å²) in [7, 11) is 0. The van der Waals surface area contributed by atoms with Crippen LogP contribution < -0.4 is 4.74 Å². The maximum Gasteiger partial charge on any atom is 0.328 e. The van der Waals surface area contributed by atoms with E-state index >= 15 is 0 Å². The van der Waals surface area contributed by atoms with Gasteiger partial charge in [0.15, 0.2) is 0 Å². The fourth-order valence-corrected chi connectivity index (χ4v) is 2.96. The third-order valence-corrected chi connectivity index (χ3v) is 4.43. The first-order valence-electron chi connectivity index (χ1n) is 9.03. The van der Waals surface area contributed by atoms with Crippen LogP contribution in [0.2, 0.25) is 0 Å². The molecule has 0 heterocycles. The summed E-state index contributed by atoms with van der Waals surface area (Å²) in [5.41, 5.74) is 0.737. The molecule has 1 aliphatic rings. The highest BCUT2D eigenvalue weighted by Crippen LogP contribution is 2.28. The summed E-state index contributed by atoms with van der Waals surface area (Å²) in [5, 5.41) is 8.61.